The molecule has 2 amide bonds. The molecule has 0 saturated carbocycles. The number of piperazine rings is 1. The van der Waals surface area contributed by atoms with Crippen molar-refractivity contribution in [2.24, 2.45) is 0 Å². The maximum absolute atomic E-state index is 12.9. The van der Waals surface area contributed by atoms with Gasteiger partial charge in [-0.2, -0.15) is 5.10 Å². The minimum absolute atomic E-state index is 0.212. The van der Waals surface area contributed by atoms with E-state index in [1.54, 1.807) is 30.6 Å². The summed E-state index contributed by atoms with van der Waals surface area (Å²) in [5, 5.41) is 8.11. The minimum atomic E-state index is -0.650. The van der Waals surface area contributed by atoms with Crippen LogP contribution >= 0.6 is 0 Å². The van der Waals surface area contributed by atoms with Crippen molar-refractivity contribution >= 4 is 22.6 Å². The highest BCUT2D eigenvalue weighted by Gasteiger charge is 2.33. The first-order valence-corrected chi connectivity index (χ1v) is 8.63. The highest BCUT2D eigenvalue weighted by atomic mass is 16.2. The third kappa shape index (κ3) is 3.31. The number of benzene rings is 1. The number of nitrogens with zero attached hydrogens (tertiary/aromatic N) is 4. The zero-order chi connectivity index (χ0) is 18.8. The highest BCUT2D eigenvalue weighted by Crippen LogP contribution is 2.12. The summed E-state index contributed by atoms with van der Waals surface area (Å²) in [5.41, 5.74) is 0.434. The molecule has 1 aliphatic heterocycles. The van der Waals surface area contributed by atoms with Gasteiger partial charge in [0.25, 0.3) is 5.56 Å². The van der Waals surface area contributed by atoms with Crippen LogP contribution in [0.5, 0.6) is 0 Å². The van der Waals surface area contributed by atoms with E-state index in [2.05, 4.69) is 20.4 Å². The molecule has 0 bridgehead atoms. The predicted molar refractivity (Wildman–Crippen MR) is 96.8 cm³/mol. The van der Waals surface area contributed by atoms with Gasteiger partial charge in [0, 0.05) is 36.8 Å². The molecule has 138 valence electrons. The van der Waals surface area contributed by atoms with E-state index in [0.717, 1.165) is 15.8 Å². The van der Waals surface area contributed by atoms with Crippen LogP contribution in [0, 0.1) is 0 Å². The Morgan fingerprint density at radius 1 is 1.22 bits per heavy atom. The highest BCUT2D eigenvalue weighted by molar-refractivity contribution is 5.89. The van der Waals surface area contributed by atoms with Gasteiger partial charge in [0.05, 0.1) is 17.9 Å². The standard InChI is InChI=1S/C18H18N6O3/c25-16(10-24-18(27)14-4-2-1-3-12(14)8-22-24)23-6-5-20-17(26)15(23)7-13-9-19-11-21-13/h1-4,8-9,11,15H,5-7,10H2,(H,19,21)(H,20,26)/t15-/m1/s1. The Balaban J connectivity index is 1.58. The molecule has 1 atom stereocenters. The van der Waals surface area contributed by atoms with E-state index in [0.29, 0.717) is 24.9 Å². The van der Waals surface area contributed by atoms with Crippen molar-refractivity contribution in [1.29, 1.82) is 0 Å². The van der Waals surface area contributed by atoms with Crippen LogP contribution < -0.4 is 10.9 Å². The lowest BCUT2D eigenvalue weighted by Crippen LogP contribution is -2.58. The van der Waals surface area contributed by atoms with Gasteiger partial charge in [-0.15, -0.1) is 0 Å². The van der Waals surface area contributed by atoms with Gasteiger partial charge in [-0.3, -0.25) is 14.4 Å². The Hall–Kier alpha value is -3.49. The second-order valence-corrected chi connectivity index (χ2v) is 6.37. The molecule has 2 aromatic heterocycles. The van der Waals surface area contributed by atoms with Gasteiger partial charge >= 0.3 is 0 Å². The summed E-state index contributed by atoms with van der Waals surface area (Å²) in [7, 11) is 0. The van der Waals surface area contributed by atoms with Crippen molar-refractivity contribution in [2.75, 3.05) is 13.1 Å². The lowest BCUT2D eigenvalue weighted by Gasteiger charge is -2.34. The Kier molecular flexibility index (Phi) is 4.41. The maximum atomic E-state index is 12.9. The molecule has 0 radical (unpaired) electrons. The normalized spacial score (nSPS) is 17.1. The summed E-state index contributed by atoms with van der Waals surface area (Å²) in [6.07, 6.45) is 5.05. The number of hydrogen-bond acceptors (Lipinski definition) is 5. The quantitative estimate of drug-likeness (QED) is 0.658. The molecule has 27 heavy (non-hydrogen) atoms. The van der Waals surface area contributed by atoms with Crippen LogP contribution in [0.1, 0.15) is 5.69 Å². The van der Waals surface area contributed by atoms with Crippen LogP contribution in [-0.2, 0) is 22.6 Å². The number of rotatable bonds is 4. The van der Waals surface area contributed by atoms with E-state index in [9.17, 15) is 14.4 Å². The van der Waals surface area contributed by atoms with Crippen LogP contribution in [-0.4, -0.2) is 55.6 Å². The predicted octanol–water partition coefficient (Wildman–Crippen LogP) is -0.311. The number of hydrogen-bond donors (Lipinski definition) is 2. The summed E-state index contributed by atoms with van der Waals surface area (Å²) >= 11 is 0. The molecular formula is C18H18N6O3. The summed E-state index contributed by atoms with van der Waals surface area (Å²) in [6, 6.07) is 6.44. The minimum Gasteiger partial charge on any atom is -0.353 e. The second kappa shape index (κ2) is 7.02. The molecule has 4 rings (SSSR count). The summed E-state index contributed by atoms with van der Waals surface area (Å²) < 4.78 is 1.14. The van der Waals surface area contributed by atoms with Crippen molar-refractivity contribution in [1.82, 2.24) is 30.0 Å². The lowest BCUT2D eigenvalue weighted by atomic mass is 10.1. The average molecular weight is 366 g/mol. The Morgan fingerprint density at radius 3 is 2.89 bits per heavy atom. The summed E-state index contributed by atoms with van der Waals surface area (Å²) in [5.74, 6) is -0.540. The molecule has 9 heteroatoms. The third-order valence-electron chi connectivity index (χ3n) is 4.67. The van der Waals surface area contributed by atoms with E-state index in [-0.39, 0.29) is 23.9 Å². The molecule has 1 aliphatic rings. The third-order valence-corrected chi connectivity index (χ3v) is 4.67. The summed E-state index contributed by atoms with van der Waals surface area (Å²) in [4.78, 5) is 46.1. The van der Waals surface area contributed by atoms with Gasteiger partial charge in [-0.25, -0.2) is 9.67 Å². The SMILES string of the molecule is O=C1NCCN(C(=O)Cn2ncc3ccccc3c2=O)[C@@H]1Cc1cnc[nH]1. The van der Waals surface area contributed by atoms with Gasteiger partial charge in [0.2, 0.25) is 11.8 Å². The number of aromatic amines is 1. The van der Waals surface area contributed by atoms with Crippen LogP contribution in [0.4, 0.5) is 0 Å². The van der Waals surface area contributed by atoms with Crippen LogP contribution in [0.25, 0.3) is 10.8 Å². The number of amides is 2. The Bertz CT molecular complexity index is 1040. The molecule has 0 unspecified atom stereocenters. The van der Waals surface area contributed by atoms with E-state index >= 15 is 0 Å². The number of fused-ring (bicyclic) bond motifs is 1. The van der Waals surface area contributed by atoms with Crippen molar-refractivity contribution in [3.8, 4) is 0 Å². The molecule has 0 aliphatic carbocycles. The first-order chi connectivity index (χ1) is 13.1. The fourth-order valence-corrected chi connectivity index (χ4v) is 3.28. The number of carbonyl (C=O) groups excluding carboxylic acids is 2. The lowest BCUT2D eigenvalue weighted by molar-refractivity contribution is -0.143. The Labute approximate surface area is 154 Å². The molecule has 3 heterocycles. The molecule has 9 nitrogen and oxygen atoms in total. The van der Waals surface area contributed by atoms with Crippen molar-refractivity contribution in [3.05, 3.63) is 59.0 Å². The zero-order valence-corrected chi connectivity index (χ0v) is 14.5. The summed E-state index contributed by atoms with van der Waals surface area (Å²) in [6.45, 7) is 0.548. The molecule has 1 fully saturated rings. The number of carbonyl (C=O) groups is 2. The fourth-order valence-electron chi connectivity index (χ4n) is 3.28. The van der Waals surface area contributed by atoms with Gasteiger partial charge in [-0.1, -0.05) is 18.2 Å². The van der Waals surface area contributed by atoms with Crippen LogP contribution in [0.3, 0.4) is 0 Å². The first-order valence-electron chi connectivity index (χ1n) is 8.63. The molecule has 3 aromatic rings. The number of aromatic nitrogens is 4. The van der Waals surface area contributed by atoms with Crippen molar-refractivity contribution in [3.63, 3.8) is 0 Å². The molecule has 2 N–H and O–H groups in total. The second-order valence-electron chi connectivity index (χ2n) is 6.37. The first kappa shape index (κ1) is 17.0. The monoisotopic (exact) mass is 366 g/mol. The van der Waals surface area contributed by atoms with Crippen molar-refractivity contribution in [2.45, 2.75) is 19.0 Å². The van der Waals surface area contributed by atoms with E-state index in [4.69, 9.17) is 0 Å². The van der Waals surface area contributed by atoms with E-state index in [1.165, 1.54) is 11.2 Å². The largest absolute Gasteiger partial charge is 0.353 e. The number of nitrogens with one attached hydrogen (secondary N) is 2. The average Bonchev–Trinajstić information content (AvgIpc) is 3.19. The zero-order valence-electron chi connectivity index (χ0n) is 14.5. The van der Waals surface area contributed by atoms with E-state index < -0.39 is 6.04 Å². The number of imidazole rings is 1. The number of H-pyrrole nitrogens is 1. The molecule has 0 spiro atoms. The molecular weight excluding hydrogens is 348 g/mol. The van der Waals surface area contributed by atoms with Gasteiger partial charge in [0.1, 0.15) is 12.6 Å². The van der Waals surface area contributed by atoms with Gasteiger partial charge < -0.3 is 15.2 Å². The van der Waals surface area contributed by atoms with Gasteiger partial charge in [-0.05, 0) is 6.07 Å². The van der Waals surface area contributed by atoms with E-state index in [1.807, 2.05) is 6.07 Å². The van der Waals surface area contributed by atoms with Gasteiger partial charge in [0.15, 0.2) is 0 Å². The Morgan fingerprint density at radius 2 is 2.07 bits per heavy atom. The maximum Gasteiger partial charge on any atom is 0.275 e. The smallest absolute Gasteiger partial charge is 0.275 e. The topological polar surface area (TPSA) is 113 Å². The van der Waals surface area contributed by atoms with Crippen molar-refractivity contribution < 1.29 is 9.59 Å². The van der Waals surface area contributed by atoms with Crippen LogP contribution in [0.15, 0.2) is 47.8 Å². The molecule has 1 aromatic carbocycles. The van der Waals surface area contributed by atoms with Crippen LogP contribution in [0.2, 0.25) is 0 Å². The fraction of sp³-hybridized carbons (Fsp3) is 0.278. The molecule has 1 saturated heterocycles.